The van der Waals surface area contributed by atoms with Crippen LogP contribution in [0.25, 0.3) is 0 Å². The van der Waals surface area contributed by atoms with Crippen LogP contribution in [-0.2, 0) is 6.42 Å². The normalized spacial score (nSPS) is 10.5. The molecule has 0 unspecified atom stereocenters. The maximum Gasteiger partial charge on any atom is 0.301 e. The van der Waals surface area contributed by atoms with E-state index >= 15 is 0 Å². The van der Waals surface area contributed by atoms with Crippen molar-refractivity contribution < 1.29 is 9.85 Å². The SMILES string of the molecule is O=[N+]([O-])c1ccc(N/N=C\Cc2ccccc2)c([N+](=O)[O-])c1. The Morgan fingerprint density at radius 2 is 1.77 bits per heavy atom. The van der Waals surface area contributed by atoms with E-state index in [-0.39, 0.29) is 11.4 Å². The summed E-state index contributed by atoms with van der Waals surface area (Å²) in [7, 11) is 0. The fourth-order valence-electron chi connectivity index (χ4n) is 1.76. The van der Waals surface area contributed by atoms with Crippen LogP contribution in [0.2, 0.25) is 0 Å². The first kappa shape index (κ1) is 15.1. The molecule has 0 bridgehead atoms. The van der Waals surface area contributed by atoms with Gasteiger partial charge in [-0.1, -0.05) is 30.3 Å². The molecule has 8 nitrogen and oxygen atoms in total. The fraction of sp³-hybridized carbons (Fsp3) is 0.0714. The maximum absolute atomic E-state index is 10.9. The molecule has 0 radical (unpaired) electrons. The molecule has 2 aromatic carbocycles. The first-order valence-electron chi connectivity index (χ1n) is 6.32. The van der Waals surface area contributed by atoms with Crippen molar-refractivity contribution in [2.75, 3.05) is 5.43 Å². The number of nitro groups is 2. The fourth-order valence-corrected chi connectivity index (χ4v) is 1.76. The van der Waals surface area contributed by atoms with E-state index in [0.29, 0.717) is 6.42 Å². The Kier molecular flexibility index (Phi) is 4.76. The first-order valence-corrected chi connectivity index (χ1v) is 6.32. The highest BCUT2D eigenvalue weighted by Gasteiger charge is 2.18. The minimum absolute atomic E-state index is 0.0971. The maximum atomic E-state index is 10.9. The lowest BCUT2D eigenvalue weighted by atomic mass is 10.2. The van der Waals surface area contributed by atoms with Gasteiger partial charge in [-0.05, 0) is 11.6 Å². The smallest absolute Gasteiger partial charge is 0.272 e. The van der Waals surface area contributed by atoms with E-state index in [1.54, 1.807) is 6.21 Å². The van der Waals surface area contributed by atoms with Gasteiger partial charge in [-0.3, -0.25) is 25.7 Å². The summed E-state index contributed by atoms with van der Waals surface area (Å²) < 4.78 is 0. The van der Waals surface area contributed by atoms with Crippen LogP contribution in [0.5, 0.6) is 0 Å². The zero-order valence-corrected chi connectivity index (χ0v) is 11.4. The number of nitrogens with one attached hydrogen (secondary N) is 1. The molecular weight excluding hydrogens is 288 g/mol. The Bertz CT molecular complexity index is 716. The van der Waals surface area contributed by atoms with Gasteiger partial charge in [0.05, 0.1) is 15.9 Å². The van der Waals surface area contributed by atoms with Crippen molar-refractivity contribution in [1.82, 2.24) is 0 Å². The van der Waals surface area contributed by atoms with Gasteiger partial charge in [-0.2, -0.15) is 5.10 Å². The Labute approximate surface area is 125 Å². The second-order valence-electron chi connectivity index (χ2n) is 4.33. The number of benzene rings is 2. The average molecular weight is 300 g/mol. The van der Waals surface area contributed by atoms with E-state index in [0.717, 1.165) is 11.6 Å². The molecule has 0 amide bonds. The first-order chi connectivity index (χ1) is 10.6. The highest BCUT2D eigenvalue weighted by atomic mass is 16.6. The molecule has 0 fully saturated rings. The number of hydrogen-bond donors (Lipinski definition) is 1. The summed E-state index contributed by atoms with van der Waals surface area (Å²) in [4.78, 5) is 20.2. The van der Waals surface area contributed by atoms with Crippen molar-refractivity contribution in [1.29, 1.82) is 0 Å². The van der Waals surface area contributed by atoms with Gasteiger partial charge in [0.2, 0.25) is 0 Å². The molecule has 22 heavy (non-hydrogen) atoms. The molecule has 0 aliphatic carbocycles. The van der Waals surface area contributed by atoms with Gasteiger partial charge in [-0.25, -0.2) is 0 Å². The van der Waals surface area contributed by atoms with E-state index in [1.807, 2.05) is 30.3 Å². The molecular formula is C14H12N4O4. The van der Waals surface area contributed by atoms with Crippen LogP contribution in [0.1, 0.15) is 5.56 Å². The number of anilines is 1. The topological polar surface area (TPSA) is 111 Å². The van der Waals surface area contributed by atoms with Crippen molar-refractivity contribution in [3.63, 3.8) is 0 Å². The lowest BCUT2D eigenvalue weighted by molar-refractivity contribution is -0.393. The van der Waals surface area contributed by atoms with Crippen molar-refractivity contribution in [3.8, 4) is 0 Å². The van der Waals surface area contributed by atoms with Crippen molar-refractivity contribution >= 4 is 23.3 Å². The standard InChI is InChI=1S/C14H12N4O4/c19-17(20)12-6-7-13(14(10-12)18(21)22)16-15-9-8-11-4-2-1-3-5-11/h1-7,9-10,16H,8H2/b15-9-. The second kappa shape index (κ2) is 6.93. The molecule has 0 aliphatic heterocycles. The minimum Gasteiger partial charge on any atom is -0.272 e. The van der Waals surface area contributed by atoms with Crippen molar-refractivity contribution in [3.05, 3.63) is 74.3 Å². The summed E-state index contributed by atoms with van der Waals surface area (Å²) in [5, 5.41) is 25.5. The van der Waals surface area contributed by atoms with E-state index in [2.05, 4.69) is 10.5 Å². The van der Waals surface area contributed by atoms with Crippen LogP contribution in [-0.4, -0.2) is 16.1 Å². The Morgan fingerprint density at radius 1 is 1.05 bits per heavy atom. The molecule has 0 aromatic heterocycles. The molecule has 0 saturated carbocycles. The molecule has 8 heteroatoms. The molecule has 0 saturated heterocycles. The Morgan fingerprint density at radius 3 is 2.41 bits per heavy atom. The monoisotopic (exact) mass is 300 g/mol. The van der Waals surface area contributed by atoms with Crippen LogP contribution in [0.3, 0.4) is 0 Å². The summed E-state index contributed by atoms with van der Waals surface area (Å²) >= 11 is 0. The highest BCUT2D eigenvalue weighted by Crippen LogP contribution is 2.28. The number of hydrazone groups is 1. The number of nitrogens with zero attached hydrogens (tertiary/aromatic N) is 3. The van der Waals surface area contributed by atoms with Crippen LogP contribution in [0, 0.1) is 20.2 Å². The third-order valence-corrected chi connectivity index (χ3v) is 2.83. The summed E-state index contributed by atoms with van der Waals surface area (Å²) in [6.45, 7) is 0. The van der Waals surface area contributed by atoms with E-state index < -0.39 is 15.5 Å². The van der Waals surface area contributed by atoms with Gasteiger partial charge in [-0.15, -0.1) is 0 Å². The lowest BCUT2D eigenvalue weighted by Gasteiger charge is -2.02. The summed E-state index contributed by atoms with van der Waals surface area (Å²) in [5.74, 6) is 0. The Hall–Kier alpha value is -3.29. The third-order valence-electron chi connectivity index (χ3n) is 2.83. The summed E-state index contributed by atoms with van der Waals surface area (Å²) in [6, 6.07) is 12.9. The predicted molar refractivity (Wildman–Crippen MR) is 82.0 cm³/mol. The zero-order chi connectivity index (χ0) is 15.9. The molecule has 0 heterocycles. The van der Waals surface area contributed by atoms with Gasteiger partial charge < -0.3 is 0 Å². The number of nitro benzene ring substituents is 2. The lowest BCUT2D eigenvalue weighted by Crippen LogP contribution is -1.99. The highest BCUT2D eigenvalue weighted by molar-refractivity contribution is 5.68. The molecule has 2 aromatic rings. The molecule has 0 aliphatic rings. The number of rotatable bonds is 6. The van der Waals surface area contributed by atoms with E-state index in [1.165, 1.54) is 12.1 Å². The van der Waals surface area contributed by atoms with Gasteiger partial charge in [0.15, 0.2) is 0 Å². The van der Waals surface area contributed by atoms with Crippen LogP contribution >= 0.6 is 0 Å². The van der Waals surface area contributed by atoms with Crippen molar-refractivity contribution in [2.24, 2.45) is 5.10 Å². The van der Waals surface area contributed by atoms with Crippen LogP contribution in [0.4, 0.5) is 17.1 Å². The molecule has 2 rings (SSSR count). The van der Waals surface area contributed by atoms with Crippen molar-refractivity contribution in [2.45, 2.75) is 6.42 Å². The molecule has 0 spiro atoms. The third kappa shape index (κ3) is 3.85. The molecule has 112 valence electrons. The van der Waals surface area contributed by atoms with E-state index in [9.17, 15) is 20.2 Å². The average Bonchev–Trinajstić information content (AvgIpc) is 2.52. The quantitative estimate of drug-likeness (QED) is 0.500. The minimum atomic E-state index is -0.692. The summed E-state index contributed by atoms with van der Waals surface area (Å²) in [5.41, 5.74) is 2.94. The second-order valence-corrected chi connectivity index (χ2v) is 4.33. The zero-order valence-electron chi connectivity index (χ0n) is 11.4. The van der Waals surface area contributed by atoms with Gasteiger partial charge in [0.1, 0.15) is 5.69 Å². The molecule has 0 atom stereocenters. The summed E-state index contributed by atoms with van der Waals surface area (Å²) in [6.07, 6.45) is 2.13. The largest absolute Gasteiger partial charge is 0.301 e. The predicted octanol–water partition coefficient (Wildman–Crippen LogP) is 3.14. The van der Waals surface area contributed by atoms with Gasteiger partial charge in [0, 0.05) is 18.7 Å². The number of hydrogen-bond acceptors (Lipinski definition) is 6. The van der Waals surface area contributed by atoms with Crippen LogP contribution < -0.4 is 5.43 Å². The van der Waals surface area contributed by atoms with Gasteiger partial charge in [0.25, 0.3) is 5.69 Å². The molecule has 1 N–H and O–H groups in total. The van der Waals surface area contributed by atoms with E-state index in [4.69, 9.17) is 0 Å². The van der Waals surface area contributed by atoms with Gasteiger partial charge >= 0.3 is 5.69 Å². The van der Waals surface area contributed by atoms with Crippen LogP contribution in [0.15, 0.2) is 53.6 Å². The number of non-ortho nitro benzene ring substituents is 1. The Balaban J connectivity index is 2.09.